The van der Waals surface area contributed by atoms with Gasteiger partial charge in [-0.1, -0.05) is 26.0 Å². The second-order valence-electron chi connectivity index (χ2n) is 9.19. The summed E-state index contributed by atoms with van der Waals surface area (Å²) in [6.45, 7) is 6.35. The van der Waals surface area contributed by atoms with Crippen molar-refractivity contribution >= 4 is 17.5 Å². The molecule has 29 heavy (non-hydrogen) atoms. The van der Waals surface area contributed by atoms with Gasteiger partial charge in [0.05, 0.1) is 17.5 Å². The van der Waals surface area contributed by atoms with Gasteiger partial charge in [-0.05, 0) is 85.4 Å². The number of amides is 2. The first-order valence-electron chi connectivity index (χ1n) is 10.7. The Labute approximate surface area is 171 Å². The number of carbonyl (C=O) groups is 2. The molecule has 2 aromatic carbocycles. The van der Waals surface area contributed by atoms with Crippen molar-refractivity contribution in [2.75, 3.05) is 4.90 Å². The van der Waals surface area contributed by atoms with E-state index in [-0.39, 0.29) is 23.7 Å². The fourth-order valence-electron chi connectivity index (χ4n) is 5.66. The maximum absolute atomic E-state index is 13.0. The quantitative estimate of drug-likeness (QED) is 0.654. The van der Waals surface area contributed by atoms with Crippen LogP contribution in [0.1, 0.15) is 50.2 Å². The predicted octanol–water partition coefficient (Wildman–Crippen LogP) is 5.45. The van der Waals surface area contributed by atoms with Crippen LogP contribution in [0.5, 0.6) is 11.5 Å². The first-order valence-corrected chi connectivity index (χ1v) is 10.7. The van der Waals surface area contributed by atoms with Crippen molar-refractivity contribution in [1.82, 2.24) is 0 Å². The third kappa shape index (κ3) is 2.88. The molecule has 2 aliphatic carbocycles. The van der Waals surface area contributed by atoms with Crippen LogP contribution in [0, 0.1) is 30.6 Å². The van der Waals surface area contributed by atoms with Crippen molar-refractivity contribution in [3.8, 4) is 11.5 Å². The van der Waals surface area contributed by atoms with Crippen LogP contribution in [0.15, 0.2) is 42.5 Å². The lowest BCUT2D eigenvalue weighted by Crippen LogP contribution is -2.32. The minimum atomic E-state index is -0.0851. The van der Waals surface area contributed by atoms with Gasteiger partial charge in [-0.25, -0.2) is 0 Å². The molecular formula is C25H27NO3. The highest BCUT2D eigenvalue weighted by atomic mass is 16.5. The molecule has 0 radical (unpaired) electrons. The number of ether oxygens (including phenoxy) is 1. The van der Waals surface area contributed by atoms with E-state index in [0.29, 0.717) is 29.2 Å². The SMILES string of the molecule is Cc1ccc(C(C)C)c(Oc2ccc(N3C(=O)[C@H]4[C@H]5CC[C@@H](C5)[C@@H]4C3=O)cc2)c1. The smallest absolute Gasteiger partial charge is 0.237 e. The molecule has 2 amide bonds. The fourth-order valence-corrected chi connectivity index (χ4v) is 5.66. The van der Waals surface area contributed by atoms with E-state index in [1.807, 2.05) is 30.3 Å². The maximum atomic E-state index is 13.0. The third-order valence-electron chi connectivity index (χ3n) is 7.04. The van der Waals surface area contributed by atoms with Gasteiger partial charge < -0.3 is 4.74 Å². The van der Waals surface area contributed by atoms with Crippen molar-refractivity contribution in [2.24, 2.45) is 23.7 Å². The fraction of sp³-hybridized carbons (Fsp3) is 0.440. The van der Waals surface area contributed by atoms with E-state index < -0.39 is 0 Å². The number of hydrogen-bond donors (Lipinski definition) is 0. The highest BCUT2D eigenvalue weighted by Crippen LogP contribution is 2.56. The monoisotopic (exact) mass is 389 g/mol. The van der Waals surface area contributed by atoms with E-state index in [1.54, 1.807) is 0 Å². The first-order chi connectivity index (χ1) is 13.9. The van der Waals surface area contributed by atoms with Crippen molar-refractivity contribution < 1.29 is 14.3 Å². The van der Waals surface area contributed by atoms with Gasteiger partial charge in [-0.2, -0.15) is 0 Å². The Balaban J connectivity index is 1.39. The molecule has 150 valence electrons. The largest absolute Gasteiger partial charge is 0.457 e. The molecule has 1 heterocycles. The predicted molar refractivity (Wildman–Crippen MR) is 112 cm³/mol. The average Bonchev–Trinajstić information content (AvgIpc) is 3.36. The molecular weight excluding hydrogens is 362 g/mol. The number of rotatable bonds is 4. The molecule has 3 fully saturated rings. The number of hydrogen-bond acceptors (Lipinski definition) is 3. The summed E-state index contributed by atoms with van der Waals surface area (Å²) in [6, 6.07) is 13.6. The first kappa shape index (κ1) is 18.4. The van der Waals surface area contributed by atoms with E-state index in [2.05, 4.69) is 32.9 Å². The Morgan fingerprint density at radius 1 is 0.931 bits per heavy atom. The molecule has 0 unspecified atom stereocenters. The van der Waals surface area contributed by atoms with Gasteiger partial charge >= 0.3 is 0 Å². The van der Waals surface area contributed by atoms with Crippen molar-refractivity contribution in [2.45, 2.75) is 46.0 Å². The molecule has 0 N–H and O–H groups in total. The number of imide groups is 1. The highest BCUT2D eigenvalue weighted by molar-refractivity contribution is 6.22. The lowest BCUT2D eigenvalue weighted by molar-refractivity contribution is -0.123. The Kier molecular flexibility index (Phi) is 4.27. The van der Waals surface area contributed by atoms with Gasteiger partial charge in [0.25, 0.3) is 0 Å². The zero-order valence-corrected chi connectivity index (χ0v) is 17.2. The van der Waals surface area contributed by atoms with Crippen LogP contribution in [0.2, 0.25) is 0 Å². The molecule has 0 spiro atoms. The molecule has 4 nitrogen and oxygen atoms in total. The number of aryl methyl sites for hydroxylation is 1. The van der Waals surface area contributed by atoms with E-state index >= 15 is 0 Å². The number of anilines is 1. The average molecular weight is 389 g/mol. The number of benzene rings is 2. The Hall–Kier alpha value is -2.62. The summed E-state index contributed by atoms with van der Waals surface area (Å²) in [5.74, 6) is 2.57. The van der Waals surface area contributed by atoms with E-state index in [1.165, 1.54) is 4.90 Å². The number of carbonyl (C=O) groups excluding carboxylic acids is 2. The van der Waals surface area contributed by atoms with Crippen LogP contribution in [-0.2, 0) is 9.59 Å². The molecule has 4 atom stereocenters. The maximum Gasteiger partial charge on any atom is 0.237 e. The summed E-state index contributed by atoms with van der Waals surface area (Å²) in [5, 5.41) is 0. The number of fused-ring (bicyclic) bond motifs is 5. The second-order valence-corrected chi connectivity index (χ2v) is 9.19. The Morgan fingerprint density at radius 3 is 2.14 bits per heavy atom. The van der Waals surface area contributed by atoms with Crippen LogP contribution in [0.4, 0.5) is 5.69 Å². The summed E-state index contributed by atoms with van der Waals surface area (Å²) in [5.41, 5.74) is 2.97. The van der Waals surface area contributed by atoms with Crippen LogP contribution >= 0.6 is 0 Å². The molecule has 4 heteroatoms. The lowest BCUT2D eigenvalue weighted by Gasteiger charge is -2.19. The van der Waals surface area contributed by atoms with Gasteiger partial charge in [-0.15, -0.1) is 0 Å². The zero-order chi connectivity index (χ0) is 20.3. The van der Waals surface area contributed by atoms with E-state index in [0.717, 1.165) is 36.1 Å². The molecule has 1 aliphatic heterocycles. The van der Waals surface area contributed by atoms with Crippen molar-refractivity contribution in [3.05, 3.63) is 53.6 Å². The topological polar surface area (TPSA) is 46.6 Å². The van der Waals surface area contributed by atoms with Crippen LogP contribution in [0.25, 0.3) is 0 Å². The third-order valence-corrected chi connectivity index (χ3v) is 7.04. The summed E-state index contributed by atoms with van der Waals surface area (Å²) < 4.78 is 6.15. The van der Waals surface area contributed by atoms with Crippen LogP contribution < -0.4 is 9.64 Å². The minimum Gasteiger partial charge on any atom is -0.457 e. The van der Waals surface area contributed by atoms with Crippen LogP contribution in [0.3, 0.4) is 0 Å². The highest BCUT2D eigenvalue weighted by Gasteiger charge is 2.61. The van der Waals surface area contributed by atoms with Gasteiger partial charge in [0.15, 0.2) is 0 Å². The number of nitrogens with zero attached hydrogens (tertiary/aromatic N) is 1. The Morgan fingerprint density at radius 2 is 1.55 bits per heavy atom. The molecule has 2 saturated carbocycles. The zero-order valence-electron chi connectivity index (χ0n) is 17.2. The van der Waals surface area contributed by atoms with Crippen molar-refractivity contribution in [1.29, 1.82) is 0 Å². The molecule has 2 aromatic rings. The van der Waals surface area contributed by atoms with E-state index in [9.17, 15) is 9.59 Å². The van der Waals surface area contributed by atoms with Crippen molar-refractivity contribution in [3.63, 3.8) is 0 Å². The van der Waals surface area contributed by atoms with E-state index in [4.69, 9.17) is 4.74 Å². The normalized spacial score (nSPS) is 27.8. The van der Waals surface area contributed by atoms with Crippen LogP contribution in [-0.4, -0.2) is 11.8 Å². The molecule has 5 rings (SSSR count). The second kappa shape index (κ2) is 6.72. The summed E-state index contributed by atoms with van der Waals surface area (Å²) in [4.78, 5) is 27.4. The molecule has 2 bridgehead atoms. The van der Waals surface area contributed by atoms with Gasteiger partial charge in [0.1, 0.15) is 11.5 Å². The standard InChI is InChI=1S/C25H27NO3/c1-14(2)20-11-4-15(3)12-21(20)29-19-9-7-18(8-10-19)26-24(27)22-16-5-6-17(13-16)23(22)25(26)28/h4,7-12,14,16-17,22-23H,5-6,13H2,1-3H3/t16-,17-,22-,23-/m0/s1. The summed E-state index contributed by atoms with van der Waals surface area (Å²) >= 11 is 0. The van der Waals surface area contributed by atoms with Gasteiger partial charge in [0.2, 0.25) is 11.8 Å². The molecule has 1 saturated heterocycles. The van der Waals surface area contributed by atoms with Gasteiger partial charge in [-0.3, -0.25) is 14.5 Å². The minimum absolute atomic E-state index is 0.00152. The molecule has 0 aromatic heterocycles. The Bertz CT molecular complexity index is 950. The lowest BCUT2D eigenvalue weighted by atomic mass is 9.81. The molecule has 3 aliphatic rings. The summed E-state index contributed by atoms with van der Waals surface area (Å²) in [7, 11) is 0. The summed E-state index contributed by atoms with van der Waals surface area (Å²) in [6.07, 6.45) is 3.25. The van der Waals surface area contributed by atoms with Gasteiger partial charge in [0, 0.05) is 0 Å².